The molecule has 0 spiro atoms. The topological polar surface area (TPSA) is 99.0 Å². The van der Waals surface area contributed by atoms with E-state index in [1.807, 2.05) is 12.2 Å². The number of carbonyl (C=O) groups is 2. The number of rotatable bonds is 0. The second-order valence-electron chi connectivity index (χ2n) is 4.68. The van der Waals surface area contributed by atoms with Crippen LogP contribution in [0.25, 0.3) is 0 Å². The van der Waals surface area contributed by atoms with Gasteiger partial charge in [0.05, 0.1) is 10.5 Å². The van der Waals surface area contributed by atoms with E-state index in [-0.39, 0.29) is 18.0 Å². The van der Waals surface area contributed by atoms with Crippen LogP contribution in [0.2, 0.25) is 0 Å². The number of guanidine groups is 1. The lowest BCUT2D eigenvalue weighted by Gasteiger charge is -2.32. The van der Waals surface area contributed by atoms with Gasteiger partial charge in [0.15, 0.2) is 6.17 Å². The van der Waals surface area contributed by atoms with Crippen molar-refractivity contribution in [2.75, 3.05) is 6.54 Å². The molecule has 116 valence electrons. The first kappa shape index (κ1) is 15.1. The number of carbonyl (C=O) groups excluding carboxylic acids is 1. The van der Waals surface area contributed by atoms with Crippen LogP contribution in [-0.2, 0) is 0 Å². The molecule has 2 aliphatic rings. The van der Waals surface area contributed by atoms with Crippen LogP contribution in [0, 0.1) is 0 Å². The number of amides is 2. The molecule has 10 heteroatoms. The van der Waals surface area contributed by atoms with Gasteiger partial charge < -0.3 is 10.4 Å². The molecule has 3 N–H and O–H groups in total. The number of aromatic nitrogens is 1. The number of carboxylic acid groups (broad SMARTS) is 1. The van der Waals surface area contributed by atoms with Crippen LogP contribution in [0.1, 0.15) is 0 Å². The Morgan fingerprint density at radius 1 is 1.45 bits per heavy atom. The van der Waals surface area contributed by atoms with E-state index in [9.17, 15) is 9.59 Å². The van der Waals surface area contributed by atoms with E-state index in [0.717, 1.165) is 4.47 Å². The van der Waals surface area contributed by atoms with Crippen molar-refractivity contribution in [3.05, 3.63) is 33.5 Å². The van der Waals surface area contributed by atoms with E-state index >= 15 is 0 Å². The summed E-state index contributed by atoms with van der Waals surface area (Å²) >= 11 is 6.68. The molecule has 0 aromatic carbocycles. The highest BCUT2D eigenvalue weighted by Gasteiger charge is 2.37. The zero-order valence-electron chi connectivity index (χ0n) is 11.0. The summed E-state index contributed by atoms with van der Waals surface area (Å²) in [7, 11) is 0. The minimum atomic E-state index is -1.20. The summed E-state index contributed by atoms with van der Waals surface area (Å²) in [6.07, 6.45) is 3.66. The van der Waals surface area contributed by atoms with Gasteiger partial charge >= 0.3 is 12.1 Å². The monoisotopic (exact) mass is 431 g/mol. The summed E-state index contributed by atoms with van der Waals surface area (Å²) in [5.41, 5.74) is 0. The third-order valence-corrected chi connectivity index (χ3v) is 5.29. The normalized spacial score (nSPS) is 22.8. The van der Waals surface area contributed by atoms with Gasteiger partial charge in [0.25, 0.3) is 0 Å². The molecule has 2 aliphatic heterocycles. The zero-order valence-corrected chi connectivity index (χ0v) is 14.2. The first-order valence-corrected chi connectivity index (χ1v) is 7.90. The van der Waals surface area contributed by atoms with Crippen molar-refractivity contribution in [2.45, 2.75) is 12.2 Å². The maximum absolute atomic E-state index is 12.7. The Balaban J connectivity index is 1.86. The number of fused-ring (bicyclic) bond motifs is 1. The first-order valence-electron chi connectivity index (χ1n) is 6.31. The van der Waals surface area contributed by atoms with E-state index in [1.165, 1.54) is 4.57 Å². The standard InChI is InChI=1S/C12H11Br2N5O3/c13-6-3-5-18(8(6)14)12(22)19-4-1-2-7-9(19)16-10(15-7)17-11(20)21/h1-3,5,7,9H,4H2,(H,20,21)(H2,15,16,17). The lowest BCUT2D eigenvalue weighted by Crippen LogP contribution is -2.51. The van der Waals surface area contributed by atoms with Gasteiger partial charge in [-0.15, -0.1) is 0 Å². The first-order chi connectivity index (χ1) is 10.5. The minimum absolute atomic E-state index is 0.139. The van der Waals surface area contributed by atoms with Gasteiger partial charge in [-0.3, -0.25) is 14.8 Å². The van der Waals surface area contributed by atoms with E-state index in [4.69, 9.17) is 5.11 Å². The number of hydrogen-bond acceptors (Lipinski definition) is 4. The Morgan fingerprint density at radius 2 is 2.23 bits per heavy atom. The molecule has 1 aromatic heterocycles. The number of nitrogens with zero attached hydrogens (tertiary/aromatic N) is 3. The second-order valence-corrected chi connectivity index (χ2v) is 6.28. The van der Waals surface area contributed by atoms with Crippen LogP contribution in [0.15, 0.2) is 38.5 Å². The zero-order chi connectivity index (χ0) is 15.9. The fraction of sp³-hybridized carbons (Fsp3) is 0.250. The second kappa shape index (κ2) is 5.76. The van der Waals surface area contributed by atoms with Gasteiger partial charge in [-0.2, -0.15) is 0 Å². The Bertz CT molecular complexity index is 699. The summed E-state index contributed by atoms with van der Waals surface area (Å²) in [4.78, 5) is 29.2. The molecule has 0 radical (unpaired) electrons. The molecule has 0 bridgehead atoms. The van der Waals surface area contributed by atoms with E-state index in [2.05, 4.69) is 47.5 Å². The number of aliphatic imine (C=N–C) groups is 1. The number of nitrogens with one attached hydrogen (secondary N) is 2. The van der Waals surface area contributed by atoms with Crippen LogP contribution in [-0.4, -0.2) is 51.4 Å². The lowest BCUT2D eigenvalue weighted by molar-refractivity contribution is 0.178. The summed E-state index contributed by atoms with van der Waals surface area (Å²) in [6, 6.07) is 1.25. The van der Waals surface area contributed by atoms with Crippen LogP contribution >= 0.6 is 31.9 Å². The summed E-state index contributed by atoms with van der Waals surface area (Å²) in [5.74, 6) is 0.139. The average Bonchev–Trinajstić information content (AvgIpc) is 3.01. The molecule has 2 amide bonds. The van der Waals surface area contributed by atoms with Gasteiger partial charge in [0.1, 0.15) is 4.60 Å². The van der Waals surface area contributed by atoms with Gasteiger partial charge in [-0.1, -0.05) is 12.2 Å². The van der Waals surface area contributed by atoms with Crippen LogP contribution < -0.4 is 10.6 Å². The van der Waals surface area contributed by atoms with Gasteiger partial charge in [0.2, 0.25) is 5.96 Å². The van der Waals surface area contributed by atoms with E-state index in [0.29, 0.717) is 11.1 Å². The fourth-order valence-corrected chi connectivity index (χ4v) is 3.07. The van der Waals surface area contributed by atoms with E-state index < -0.39 is 12.3 Å². The molecule has 2 unspecified atom stereocenters. The van der Waals surface area contributed by atoms with Crippen molar-refractivity contribution < 1.29 is 14.7 Å². The fourth-order valence-electron chi connectivity index (χ4n) is 2.36. The molecular formula is C12H11Br2N5O3. The van der Waals surface area contributed by atoms with Crippen molar-refractivity contribution in [3.63, 3.8) is 0 Å². The quantitative estimate of drug-likeness (QED) is 0.544. The molecule has 0 saturated heterocycles. The maximum Gasteiger partial charge on any atom is 0.411 e. The molecule has 3 heterocycles. The molecule has 22 heavy (non-hydrogen) atoms. The molecule has 0 saturated carbocycles. The van der Waals surface area contributed by atoms with Crippen molar-refractivity contribution in [1.29, 1.82) is 0 Å². The minimum Gasteiger partial charge on any atom is -0.465 e. The Labute approximate surface area is 142 Å². The smallest absolute Gasteiger partial charge is 0.411 e. The van der Waals surface area contributed by atoms with Crippen LogP contribution in [0.5, 0.6) is 0 Å². The largest absolute Gasteiger partial charge is 0.465 e. The molecule has 0 fully saturated rings. The Kier molecular flexibility index (Phi) is 3.96. The Morgan fingerprint density at radius 3 is 2.86 bits per heavy atom. The van der Waals surface area contributed by atoms with Gasteiger partial charge in [-0.05, 0) is 37.9 Å². The molecule has 1 aromatic rings. The van der Waals surface area contributed by atoms with E-state index in [1.54, 1.807) is 17.2 Å². The molecule has 8 nitrogen and oxygen atoms in total. The molecule has 2 atom stereocenters. The number of halogens is 2. The average molecular weight is 433 g/mol. The predicted octanol–water partition coefficient (Wildman–Crippen LogP) is 1.77. The van der Waals surface area contributed by atoms with Crippen molar-refractivity contribution >= 4 is 49.9 Å². The third-order valence-electron chi connectivity index (χ3n) is 3.31. The van der Waals surface area contributed by atoms with Crippen molar-refractivity contribution in [3.8, 4) is 0 Å². The van der Waals surface area contributed by atoms with Crippen LogP contribution in [0.3, 0.4) is 0 Å². The maximum atomic E-state index is 12.7. The molecule has 3 rings (SSSR count). The summed E-state index contributed by atoms with van der Waals surface area (Å²) < 4.78 is 2.84. The van der Waals surface area contributed by atoms with Gasteiger partial charge in [-0.25, -0.2) is 14.6 Å². The predicted molar refractivity (Wildman–Crippen MR) is 85.8 cm³/mol. The lowest BCUT2D eigenvalue weighted by atomic mass is 10.1. The highest BCUT2D eigenvalue weighted by molar-refractivity contribution is 9.13. The third kappa shape index (κ3) is 2.63. The summed E-state index contributed by atoms with van der Waals surface area (Å²) in [6.45, 7) is 0.397. The highest BCUT2D eigenvalue weighted by atomic mass is 79.9. The van der Waals surface area contributed by atoms with Crippen molar-refractivity contribution in [2.24, 2.45) is 4.99 Å². The van der Waals surface area contributed by atoms with Gasteiger partial charge in [0, 0.05) is 12.7 Å². The summed E-state index contributed by atoms with van der Waals surface area (Å²) in [5, 5.41) is 13.9. The van der Waals surface area contributed by atoms with Crippen molar-refractivity contribution in [1.82, 2.24) is 20.1 Å². The molecular weight excluding hydrogens is 422 g/mol. The SMILES string of the molecule is O=C(O)NC1=NC2C(C=CCN2C(=O)n2ccc(Br)c2Br)N1. The molecule has 0 aliphatic carbocycles. The van der Waals surface area contributed by atoms with Crippen LogP contribution in [0.4, 0.5) is 9.59 Å². The highest BCUT2D eigenvalue weighted by Crippen LogP contribution is 2.26. The number of hydrogen-bond donors (Lipinski definition) is 3. The Hall–Kier alpha value is -1.81.